The van der Waals surface area contributed by atoms with Crippen molar-refractivity contribution in [3.05, 3.63) is 179 Å². The van der Waals surface area contributed by atoms with Crippen LogP contribution in [0.5, 0.6) is 11.5 Å². The number of aromatic hydroxyl groups is 2. The van der Waals surface area contributed by atoms with Gasteiger partial charge < -0.3 is 10.2 Å². The van der Waals surface area contributed by atoms with Gasteiger partial charge in [0.25, 0.3) is 0 Å². The Morgan fingerprint density at radius 1 is 0.390 bits per heavy atom. The van der Waals surface area contributed by atoms with Crippen LogP contribution >= 0.6 is 0 Å². The molecule has 0 bridgehead atoms. The Balaban J connectivity index is 1.77. The van der Waals surface area contributed by atoms with E-state index in [0.29, 0.717) is 0 Å². The van der Waals surface area contributed by atoms with E-state index < -0.39 is 5.41 Å². The molecule has 6 rings (SSSR count). The van der Waals surface area contributed by atoms with Gasteiger partial charge in [-0.15, -0.1) is 0 Å². The lowest BCUT2D eigenvalue weighted by atomic mass is 9.64. The minimum atomic E-state index is -0.744. The molecule has 2 N–H and O–H groups in total. The standard InChI is InChI=1S/C39H32O2/c1-27-23-33(25-35(37(27)40)29-15-7-3-8-16-29)39(31-19-11-5-12-20-31,32-21-13-6-14-22-32)34-24-28(2)38(41)36(26-34)30-17-9-4-10-18-30/h3-26,40-41H,1-2H3. The van der Waals surface area contributed by atoms with Crippen molar-refractivity contribution in [1.29, 1.82) is 0 Å². The maximum Gasteiger partial charge on any atom is 0.126 e. The first-order valence-corrected chi connectivity index (χ1v) is 13.9. The van der Waals surface area contributed by atoms with Crippen molar-refractivity contribution >= 4 is 0 Å². The highest BCUT2D eigenvalue weighted by molar-refractivity contribution is 5.78. The smallest absolute Gasteiger partial charge is 0.126 e. The summed E-state index contributed by atoms with van der Waals surface area (Å²) in [6, 6.07) is 49.6. The minimum absolute atomic E-state index is 0.279. The highest BCUT2D eigenvalue weighted by Crippen LogP contribution is 2.50. The van der Waals surface area contributed by atoms with Gasteiger partial charge in [-0.3, -0.25) is 0 Å². The average Bonchev–Trinajstić information content (AvgIpc) is 3.02. The van der Waals surface area contributed by atoms with Crippen LogP contribution in [0.2, 0.25) is 0 Å². The molecular formula is C39H32O2. The van der Waals surface area contributed by atoms with Crippen molar-refractivity contribution in [2.24, 2.45) is 0 Å². The van der Waals surface area contributed by atoms with Crippen LogP contribution in [0.25, 0.3) is 22.3 Å². The van der Waals surface area contributed by atoms with Gasteiger partial charge >= 0.3 is 0 Å². The third-order valence-electron chi connectivity index (χ3n) is 8.05. The van der Waals surface area contributed by atoms with Gasteiger partial charge in [0.05, 0.1) is 5.41 Å². The Kier molecular flexibility index (Phi) is 6.91. The highest BCUT2D eigenvalue weighted by atomic mass is 16.3. The van der Waals surface area contributed by atoms with Crippen LogP contribution < -0.4 is 0 Å². The molecule has 0 saturated heterocycles. The molecule has 0 fully saturated rings. The second-order valence-electron chi connectivity index (χ2n) is 10.6. The van der Waals surface area contributed by atoms with Crippen LogP contribution in [0.15, 0.2) is 146 Å². The summed E-state index contributed by atoms with van der Waals surface area (Å²) in [6.45, 7) is 3.92. The van der Waals surface area contributed by atoms with Crippen molar-refractivity contribution in [2.45, 2.75) is 19.3 Å². The number of phenols is 2. The summed E-state index contributed by atoms with van der Waals surface area (Å²) in [5.41, 5.74) is 8.61. The van der Waals surface area contributed by atoms with E-state index in [-0.39, 0.29) is 11.5 Å². The first-order chi connectivity index (χ1) is 20.0. The van der Waals surface area contributed by atoms with Gasteiger partial charge in [-0.1, -0.05) is 133 Å². The zero-order valence-electron chi connectivity index (χ0n) is 23.3. The molecule has 2 heteroatoms. The van der Waals surface area contributed by atoms with Gasteiger partial charge in [-0.05, 0) is 70.5 Å². The molecule has 0 saturated carbocycles. The lowest BCUT2D eigenvalue weighted by Crippen LogP contribution is -2.31. The Bertz CT molecular complexity index is 1660. The zero-order chi connectivity index (χ0) is 28.4. The second-order valence-corrected chi connectivity index (χ2v) is 10.6. The first-order valence-electron chi connectivity index (χ1n) is 13.9. The number of hydrogen-bond acceptors (Lipinski definition) is 2. The molecule has 0 amide bonds. The lowest BCUT2D eigenvalue weighted by Gasteiger charge is -2.38. The van der Waals surface area contributed by atoms with E-state index in [4.69, 9.17) is 0 Å². The quantitative estimate of drug-likeness (QED) is 0.210. The fourth-order valence-corrected chi connectivity index (χ4v) is 6.04. The molecule has 0 spiro atoms. The normalized spacial score (nSPS) is 11.4. The molecule has 0 radical (unpaired) electrons. The van der Waals surface area contributed by atoms with Gasteiger partial charge in [0.1, 0.15) is 11.5 Å². The van der Waals surface area contributed by atoms with E-state index in [1.807, 2.05) is 86.6 Å². The van der Waals surface area contributed by atoms with Crippen LogP contribution in [0, 0.1) is 13.8 Å². The molecule has 200 valence electrons. The third kappa shape index (κ3) is 4.58. The van der Waals surface area contributed by atoms with Crippen molar-refractivity contribution in [3.8, 4) is 33.8 Å². The van der Waals surface area contributed by atoms with Crippen molar-refractivity contribution in [2.75, 3.05) is 0 Å². The van der Waals surface area contributed by atoms with Crippen LogP contribution in [-0.4, -0.2) is 10.2 Å². The molecule has 0 aliphatic heterocycles. The van der Waals surface area contributed by atoms with E-state index in [1.165, 1.54) is 0 Å². The zero-order valence-corrected chi connectivity index (χ0v) is 23.3. The number of aryl methyl sites for hydroxylation is 2. The van der Waals surface area contributed by atoms with Crippen molar-refractivity contribution < 1.29 is 10.2 Å². The molecule has 41 heavy (non-hydrogen) atoms. The summed E-state index contributed by atoms with van der Waals surface area (Å²) in [5, 5.41) is 22.6. The summed E-state index contributed by atoms with van der Waals surface area (Å²) in [5.74, 6) is 0.559. The van der Waals surface area contributed by atoms with Gasteiger partial charge in [-0.25, -0.2) is 0 Å². The average molecular weight is 533 g/mol. The van der Waals surface area contributed by atoms with Gasteiger partial charge in [0, 0.05) is 11.1 Å². The molecule has 2 nitrogen and oxygen atoms in total. The Morgan fingerprint density at radius 2 is 0.707 bits per heavy atom. The molecule has 0 aromatic heterocycles. The van der Waals surface area contributed by atoms with E-state index in [9.17, 15) is 10.2 Å². The number of rotatable bonds is 6. The largest absolute Gasteiger partial charge is 0.507 e. The van der Waals surface area contributed by atoms with E-state index in [1.54, 1.807) is 0 Å². The third-order valence-corrected chi connectivity index (χ3v) is 8.05. The number of phenolic OH excluding ortho intramolecular Hbond substituents is 2. The number of benzene rings is 6. The monoisotopic (exact) mass is 532 g/mol. The summed E-state index contributed by atoms with van der Waals surface area (Å²) in [6.07, 6.45) is 0. The van der Waals surface area contributed by atoms with Gasteiger partial charge in [0.15, 0.2) is 0 Å². The van der Waals surface area contributed by atoms with Crippen molar-refractivity contribution in [1.82, 2.24) is 0 Å². The van der Waals surface area contributed by atoms with Crippen LogP contribution in [0.1, 0.15) is 33.4 Å². The minimum Gasteiger partial charge on any atom is -0.507 e. The summed E-state index contributed by atoms with van der Waals surface area (Å²) < 4.78 is 0. The first kappa shape index (κ1) is 26.2. The Labute approximate surface area is 241 Å². The predicted octanol–water partition coefficient (Wildman–Crippen LogP) is 9.43. The Hall–Kier alpha value is -5.08. The molecule has 6 aromatic rings. The second kappa shape index (κ2) is 10.8. The maximum atomic E-state index is 11.3. The molecule has 0 atom stereocenters. The van der Waals surface area contributed by atoms with E-state index in [2.05, 4.69) is 72.8 Å². The highest BCUT2D eigenvalue weighted by Gasteiger charge is 2.40. The topological polar surface area (TPSA) is 40.5 Å². The van der Waals surface area contributed by atoms with E-state index >= 15 is 0 Å². The SMILES string of the molecule is Cc1cc(C(c2ccccc2)(c2ccccc2)c2cc(C)c(O)c(-c3ccccc3)c2)cc(-c2ccccc2)c1O. The molecule has 6 aromatic carbocycles. The summed E-state index contributed by atoms with van der Waals surface area (Å²) in [7, 11) is 0. The van der Waals surface area contributed by atoms with Gasteiger partial charge in [0.2, 0.25) is 0 Å². The fourth-order valence-electron chi connectivity index (χ4n) is 6.04. The molecule has 0 aliphatic carbocycles. The summed E-state index contributed by atoms with van der Waals surface area (Å²) in [4.78, 5) is 0. The summed E-state index contributed by atoms with van der Waals surface area (Å²) >= 11 is 0. The van der Waals surface area contributed by atoms with Crippen molar-refractivity contribution in [3.63, 3.8) is 0 Å². The van der Waals surface area contributed by atoms with Gasteiger partial charge in [-0.2, -0.15) is 0 Å². The Morgan fingerprint density at radius 3 is 1.05 bits per heavy atom. The fraction of sp³-hybridized carbons (Fsp3) is 0.0769. The number of hydrogen-bond donors (Lipinski definition) is 2. The molecule has 0 heterocycles. The van der Waals surface area contributed by atoms with Crippen LogP contribution in [0.3, 0.4) is 0 Å². The lowest BCUT2D eigenvalue weighted by molar-refractivity contribution is 0.472. The molecule has 0 aliphatic rings. The van der Waals surface area contributed by atoms with Crippen LogP contribution in [-0.2, 0) is 5.41 Å². The molecule has 0 unspecified atom stereocenters. The molecular weight excluding hydrogens is 500 g/mol. The van der Waals surface area contributed by atoms with Crippen LogP contribution in [0.4, 0.5) is 0 Å². The predicted molar refractivity (Wildman–Crippen MR) is 168 cm³/mol. The maximum absolute atomic E-state index is 11.3. The van der Waals surface area contributed by atoms with E-state index in [0.717, 1.165) is 55.6 Å².